The van der Waals surface area contributed by atoms with Gasteiger partial charge in [0.2, 0.25) is 5.91 Å². The molecular formula is C32H36N6O3. The molecule has 0 unspecified atom stereocenters. The van der Waals surface area contributed by atoms with Crippen molar-refractivity contribution in [2.45, 2.75) is 6.92 Å². The summed E-state index contributed by atoms with van der Waals surface area (Å²) in [5, 5.41) is 9.17. The lowest BCUT2D eigenvalue weighted by atomic mass is 9.99. The molecule has 1 fully saturated rings. The summed E-state index contributed by atoms with van der Waals surface area (Å²) in [6.45, 7) is 6.49. The lowest BCUT2D eigenvalue weighted by molar-refractivity contribution is -0.119. The molecule has 0 aliphatic carbocycles. The first-order chi connectivity index (χ1) is 19.8. The van der Waals surface area contributed by atoms with E-state index >= 15 is 0 Å². The van der Waals surface area contributed by atoms with Gasteiger partial charge in [0.1, 0.15) is 0 Å². The molecule has 0 radical (unpaired) electrons. The van der Waals surface area contributed by atoms with Crippen molar-refractivity contribution >= 4 is 46.1 Å². The highest BCUT2D eigenvalue weighted by Crippen LogP contribution is 2.38. The van der Waals surface area contributed by atoms with Crippen LogP contribution in [0.25, 0.3) is 11.3 Å². The summed E-state index contributed by atoms with van der Waals surface area (Å²) in [7, 11) is 3.90. The van der Waals surface area contributed by atoms with E-state index < -0.39 is 0 Å². The van der Waals surface area contributed by atoms with Gasteiger partial charge >= 0.3 is 0 Å². The van der Waals surface area contributed by atoms with E-state index in [9.17, 15) is 14.4 Å². The van der Waals surface area contributed by atoms with E-state index in [-0.39, 0.29) is 17.7 Å². The third-order valence-corrected chi connectivity index (χ3v) is 7.53. The Hall–Kier alpha value is -4.47. The van der Waals surface area contributed by atoms with Gasteiger partial charge in [-0.1, -0.05) is 36.4 Å². The summed E-state index contributed by atoms with van der Waals surface area (Å²) in [6, 6.07) is 22.5. The second-order valence-electron chi connectivity index (χ2n) is 10.4. The smallest absolute Gasteiger partial charge is 0.258 e. The Morgan fingerprint density at radius 1 is 0.927 bits per heavy atom. The van der Waals surface area contributed by atoms with Crippen LogP contribution in [0.5, 0.6) is 0 Å². The zero-order valence-corrected chi connectivity index (χ0v) is 23.7. The van der Waals surface area contributed by atoms with Crippen LogP contribution in [0, 0.1) is 0 Å². The molecule has 3 N–H and O–H groups in total. The second kappa shape index (κ2) is 12.4. The van der Waals surface area contributed by atoms with Crippen molar-refractivity contribution in [1.82, 2.24) is 15.1 Å². The van der Waals surface area contributed by atoms with Gasteiger partial charge in [-0.15, -0.1) is 0 Å². The van der Waals surface area contributed by atoms with Crippen molar-refractivity contribution in [2.24, 2.45) is 0 Å². The maximum Gasteiger partial charge on any atom is 0.258 e. The number of carbonyl (C=O) groups is 3. The molecule has 9 nitrogen and oxygen atoms in total. The van der Waals surface area contributed by atoms with Crippen molar-refractivity contribution in [3.05, 3.63) is 89.5 Å². The van der Waals surface area contributed by atoms with Crippen LogP contribution in [0.2, 0.25) is 0 Å². The molecule has 212 valence electrons. The minimum absolute atomic E-state index is 0.0496. The fraction of sp³-hybridized carbons (Fsp3) is 0.281. The van der Waals surface area contributed by atoms with Crippen LogP contribution in [0.15, 0.2) is 72.8 Å². The summed E-state index contributed by atoms with van der Waals surface area (Å²) in [5.74, 6) is -0.380. The number of piperazine rings is 1. The van der Waals surface area contributed by atoms with E-state index in [1.165, 1.54) is 0 Å². The molecule has 5 rings (SSSR count). The zero-order valence-electron chi connectivity index (χ0n) is 23.7. The average molecular weight is 553 g/mol. The quantitative estimate of drug-likeness (QED) is 0.370. The van der Waals surface area contributed by atoms with Gasteiger partial charge in [0.25, 0.3) is 11.8 Å². The van der Waals surface area contributed by atoms with Crippen molar-refractivity contribution in [2.75, 3.05) is 68.9 Å². The van der Waals surface area contributed by atoms with Crippen LogP contribution in [-0.2, 0) is 9.59 Å². The Morgan fingerprint density at radius 3 is 2.32 bits per heavy atom. The summed E-state index contributed by atoms with van der Waals surface area (Å²) < 4.78 is 0. The molecule has 0 bridgehead atoms. The lowest BCUT2D eigenvalue weighted by Gasteiger charge is -2.32. The van der Waals surface area contributed by atoms with Crippen LogP contribution in [0.1, 0.15) is 28.4 Å². The molecule has 0 saturated carbocycles. The number of fused-ring (bicyclic) bond motifs is 1. The van der Waals surface area contributed by atoms with Crippen molar-refractivity contribution in [3.63, 3.8) is 0 Å². The number of benzene rings is 3. The molecule has 0 aromatic heterocycles. The largest absolute Gasteiger partial charge is 0.354 e. The van der Waals surface area contributed by atoms with Crippen molar-refractivity contribution in [3.8, 4) is 0 Å². The molecule has 3 aromatic rings. The molecule has 1 saturated heterocycles. The van der Waals surface area contributed by atoms with Gasteiger partial charge in [-0.3, -0.25) is 19.3 Å². The highest BCUT2D eigenvalue weighted by atomic mass is 16.2. The number of likely N-dealkylation sites (N-methyl/N-ethyl adjacent to an activating group) is 2. The van der Waals surface area contributed by atoms with Gasteiger partial charge in [-0.05, 0) is 55.9 Å². The predicted molar refractivity (Wildman–Crippen MR) is 164 cm³/mol. The van der Waals surface area contributed by atoms with Gasteiger partial charge in [0, 0.05) is 68.0 Å². The van der Waals surface area contributed by atoms with E-state index in [2.05, 4.69) is 32.8 Å². The summed E-state index contributed by atoms with van der Waals surface area (Å²) in [6.07, 6.45) is 0. The molecule has 2 heterocycles. The lowest BCUT2D eigenvalue weighted by Crippen LogP contribution is -2.48. The van der Waals surface area contributed by atoms with Gasteiger partial charge in [0.05, 0.1) is 17.8 Å². The Bertz CT molecular complexity index is 1460. The highest BCUT2D eigenvalue weighted by molar-refractivity contribution is 6.37. The summed E-state index contributed by atoms with van der Waals surface area (Å²) >= 11 is 0. The number of carbonyl (C=O) groups excluding carboxylic acids is 3. The molecule has 0 spiro atoms. The molecule has 3 amide bonds. The van der Waals surface area contributed by atoms with Crippen LogP contribution in [0.4, 0.5) is 17.1 Å². The van der Waals surface area contributed by atoms with E-state index in [4.69, 9.17) is 0 Å². The number of nitrogens with zero attached hydrogens (tertiary/aromatic N) is 3. The van der Waals surface area contributed by atoms with Gasteiger partial charge < -0.3 is 25.8 Å². The first-order valence-electron chi connectivity index (χ1n) is 13.9. The van der Waals surface area contributed by atoms with Gasteiger partial charge in [0.15, 0.2) is 0 Å². The number of amides is 3. The van der Waals surface area contributed by atoms with Crippen LogP contribution >= 0.6 is 0 Å². The number of anilines is 3. The Morgan fingerprint density at radius 2 is 1.63 bits per heavy atom. The second-order valence-corrected chi connectivity index (χ2v) is 10.4. The molecule has 3 aromatic carbocycles. The molecule has 9 heteroatoms. The number of rotatable bonds is 8. The van der Waals surface area contributed by atoms with Crippen LogP contribution in [0.3, 0.4) is 0 Å². The van der Waals surface area contributed by atoms with E-state index in [1.807, 2.05) is 67.6 Å². The minimum Gasteiger partial charge on any atom is -0.354 e. The average Bonchev–Trinajstić information content (AvgIpc) is 3.32. The summed E-state index contributed by atoms with van der Waals surface area (Å²) in [5.41, 5.74) is 5.38. The first kappa shape index (κ1) is 28.1. The number of hydrogen-bond donors (Lipinski definition) is 3. The Labute approximate surface area is 240 Å². The predicted octanol–water partition coefficient (Wildman–Crippen LogP) is 3.58. The third-order valence-electron chi connectivity index (χ3n) is 7.53. The van der Waals surface area contributed by atoms with Crippen LogP contribution in [-0.4, -0.2) is 80.9 Å². The maximum atomic E-state index is 13.3. The summed E-state index contributed by atoms with van der Waals surface area (Å²) in [4.78, 5) is 44.7. The van der Waals surface area contributed by atoms with E-state index in [1.54, 1.807) is 24.1 Å². The molecule has 41 heavy (non-hydrogen) atoms. The minimum atomic E-state index is -0.245. The van der Waals surface area contributed by atoms with Crippen molar-refractivity contribution < 1.29 is 14.4 Å². The van der Waals surface area contributed by atoms with Crippen molar-refractivity contribution in [1.29, 1.82) is 0 Å². The zero-order chi connectivity index (χ0) is 28.9. The van der Waals surface area contributed by atoms with Gasteiger partial charge in [-0.25, -0.2) is 0 Å². The van der Waals surface area contributed by atoms with Crippen LogP contribution < -0.4 is 20.9 Å². The Balaban J connectivity index is 1.39. The SMILES string of the molecule is CCNC(=O)c1ccc2c(c1)NC(=O)/C2=C(\Nc1ccc(N(C)C(=O)CN2CCN(C)CC2)cc1)c1ccccc1. The Kier molecular flexibility index (Phi) is 8.47. The molecule has 0 atom stereocenters. The first-order valence-corrected chi connectivity index (χ1v) is 13.9. The molecular weight excluding hydrogens is 516 g/mol. The standard InChI is InChI=1S/C32H36N6O3/c1-4-33-31(40)23-10-15-26-27(20-23)35-32(41)29(26)30(22-8-6-5-7-9-22)34-24-11-13-25(14-12-24)37(3)28(39)21-38-18-16-36(2)17-19-38/h5-15,20,34H,4,16-19,21H2,1-3H3,(H,33,40)(H,35,41)/b30-29-. The fourth-order valence-electron chi connectivity index (χ4n) is 5.07. The number of nitrogens with one attached hydrogen (secondary N) is 3. The highest BCUT2D eigenvalue weighted by Gasteiger charge is 2.29. The topological polar surface area (TPSA) is 97.0 Å². The van der Waals surface area contributed by atoms with E-state index in [0.717, 1.165) is 48.7 Å². The number of hydrogen-bond acceptors (Lipinski definition) is 6. The fourth-order valence-corrected chi connectivity index (χ4v) is 5.07. The molecule has 2 aliphatic heterocycles. The molecule has 2 aliphatic rings. The van der Waals surface area contributed by atoms with E-state index in [0.29, 0.717) is 35.6 Å². The third kappa shape index (κ3) is 6.32. The van der Waals surface area contributed by atoms with Gasteiger partial charge in [-0.2, -0.15) is 0 Å². The monoisotopic (exact) mass is 552 g/mol. The normalized spacial score (nSPS) is 16.5. The maximum absolute atomic E-state index is 13.3.